The van der Waals surface area contributed by atoms with Gasteiger partial charge in [0.05, 0.1) is 12.5 Å². The SMILES string of the molecule is CC(C)[C@](C)(C#N)NC(=O)COC(=O)Cc1cccs1. The smallest absolute Gasteiger partial charge is 0.311 e. The van der Waals surface area contributed by atoms with Crippen molar-refractivity contribution in [1.82, 2.24) is 5.32 Å². The Bertz CT molecular complexity index is 505. The van der Waals surface area contributed by atoms with Gasteiger partial charge in [0.2, 0.25) is 0 Å². The predicted molar refractivity (Wildman–Crippen MR) is 76.0 cm³/mol. The van der Waals surface area contributed by atoms with Gasteiger partial charge in [0.15, 0.2) is 6.61 Å². The molecule has 0 unspecified atom stereocenters. The lowest BCUT2D eigenvalue weighted by atomic mass is 9.90. The minimum Gasteiger partial charge on any atom is -0.455 e. The summed E-state index contributed by atoms with van der Waals surface area (Å²) in [7, 11) is 0. The summed E-state index contributed by atoms with van der Waals surface area (Å²) in [6.45, 7) is 4.95. The van der Waals surface area contributed by atoms with Gasteiger partial charge < -0.3 is 10.1 Å². The molecule has 1 heterocycles. The van der Waals surface area contributed by atoms with E-state index in [1.807, 2.05) is 31.4 Å². The third-order valence-corrected chi connectivity index (χ3v) is 3.93. The molecule has 1 aromatic heterocycles. The van der Waals surface area contributed by atoms with E-state index < -0.39 is 17.4 Å². The van der Waals surface area contributed by atoms with Crippen molar-refractivity contribution in [1.29, 1.82) is 5.26 Å². The summed E-state index contributed by atoms with van der Waals surface area (Å²) in [5.41, 5.74) is -0.961. The van der Waals surface area contributed by atoms with Crippen LogP contribution in [0.4, 0.5) is 0 Å². The first kappa shape index (κ1) is 16.2. The van der Waals surface area contributed by atoms with Crippen molar-refractivity contribution in [2.45, 2.75) is 32.7 Å². The second-order valence-electron chi connectivity index (χ2n) is 4.93. The number of esters is 1. The van der Waals surface area contributed by atoms with Crippen LogP contribution in [0.15, 0.2) is 17.5 Å². The van der Waals surface area contributed by atoms with Gasteiger partial charge in [-0.2, -0.15) is 5.26 Å². The van der Waals surface area contributed by atoms with Gasteiger partial charge in [-0.25, -0.2) is 0 Å². The number of ether oxygens (including phenoxy) is 1. The van der Waals surface area contributed by atoms with E-state index in [1.165, 1.54) is 11.3 Å². The fourth-order valence-electron chi connectivity index (χ4n) is 1.38. The Hall–Kier alpha value is -1.87. The summed E-state index contributed by atoms with van der Waals surface area (Å²) in [5.74, 6) is -0.966. The first-order valence-corrected chi connectivity index (χ1v) is 7.15. The Labute approximate surface area is 122 Å². The molecule has 1 N–H and O–H groups in total. The Balaban J connectivity index is 2.40. The zero-order valence-electron chi connectivity index (χ0n) is 11.8. The lowest BCUT2D eigenvalue weighted by Gasteiger charge is -2.27. The summed E-state index contributed by atoms with van der Waals surface area (Å²) < 4.78 is 4.89. The van der Waals surface area contributed by atoms with Gasteiger partial charge in [-0.05, 0) is 24.3 Å². The normalized spacial score (nSPS) is 13.3. The quantitative estimate of drug-likeness (QED) is 0.813. The Kier molecular flexibility index (Phi) is 5.71. The third kappa shape index (κ3) is 4.67. The highest BCUT2D eigenvalue weighted by Gasteiger charge is 2.30. The van der Waals surface area contributed by atoms with Crippen LogP contribution < -0.4 is 5.32 Å². The monoisotopic (exact) mass is 294 g/mol. The molecule has 0 aliphatic rings. The first-order valence-electron chi connectivity index (χ1n) is 6.27. The van der Waals surface area contributed by atoms with Crippen molar-refractivity contribution in [3.63, 3.8) is 0 Å². The molecule has 108 valence electrons. The van der Waals surface area contributed by atoms with Crippen LogP contribution in [0, 0.1) is 17.2 Å². The molecule has 0 aromatic carbocycles. The molecular formula is C14H18N2O3S. The van der Waals surface area contributed by atoms with E-state index in [-0.39, 0.29) is 18.9 Å². The van der Waals surface area contributed by atoms with E-state index in [9.17, 15) is 9.59 Å². The van der Waals surface area contributed by atoms with Crippen LogP contribution >= 0.6 is 11.3 Å². The molecule has 0 fully saturated rings. The second kappa shape index (κ2) is 7.06. The predicted octanol–water partition coefficient (Wildman–Crippen LogP) is 1.89. The zero-order valence-corrected chi connectivity index (χ0v) is 12.6. The average Bonchev–Trinajstić information content (AvgIpc) is 2.88. The molecule has 0 radical (unpaired) electrons. The molecule has 0 aliphatic heterocycles. The van der Waals surface area contributed by atoms with E-state index in [4.69, 9.17) is 10.00 Å². The van der Waals surface area contributed by atoms with Crippen molar-refractivity contribution < 1.29 is 14.3 Å². The molecule has 1 amide bonds. The highest BCUT2D eigenvalue weighted by Crippen LogP contribution is 2.15. The van der Waals surface area contributed by atoms with Crippen LogP contribution in [0.1, 0.15) is 25.6 Å². The highest BCUT2D eigenvalue weighted by molar-refractivity contribution is 7.10. The second-order valence-corrected chi connectivity index (χ2v) is 5.97. The standard InChI is InChI=1S/C14H18N2O3S/c1-10(2)14(3,9-15)16-12(17)8-19-13(18)7-11-5-4-6-20-11/h4-6,10H,7-8H2,1-3H3,(H,16,17)/t14-/m0/s1. The number of nitriles is 1. The number of carbonyl (C=O) groups is 2. The maximum atomic E-state index is 11.7. The molecule has 1 rings (SSSR count). The summed E-state index contributed by atoms with van der Waals surface area (Å²) >= 11 is 1.46. The summed E-state index contributed by atoms with van der Waals surface area (Å²) in [6.07, 6.45) is 0.157. The molecule has 1 aromatic rings. The van der Waals surface area contributed by atoms with E-state index in [0.717, 1.165) is 4.88 Å². The molecule has 0 bridgehead atoms. The third-order valence-electron chi connectivity index (χ3n) is 3.05. The number of nitrogens with one attached hydrogen (secondary N) is 1. The zero-order chi connectivity index (χ0) is 15.2. The minimum absolute atomic E-state index is 0.0433. The maximum absolute atomic E-state index is 11.7. The molecule has 1 atom stereocenters. The van der Waals surface area contributed by atoms with Gasteiger partial charge in [0.1, 0.15) is 5.54 Å². The van der Waals surface area contributed by atoms with Gasteiger partial charge in [-0.1, -0.05) is 19.9 Å². The largest absolute Gasteiger partial charge is 0.455 e. The van der Waals surface area contributed by atoms with Crippen molar-refractivity contribution in [3.8, 4) is 6.07 Å². The number of hydrogen-bond acceptors (Lipinski definition) is 5. The van der Waals surface area contributed by atoms with Crippen molar-refractivity contribution in [3.05, 3.63) is 22.4 Å². The number of carbonyl (C=O) groups excluding carboxylic acids is 2. The number of hydrogen-bond donors (Lipinski definition) is 1. The molecule has 20 heavy (non-hydrogen) atoms. The average molecular weight is 294 g/mol. The first-order chi connectivity index (χ1) is 9.37. The molecule has 5 nitrogen and oxygen atoms in total. The highest BCUT2D eigenvalue weighted by atomic mass is 32.1. The lowest BCUT2D eigenvalue weighted by Crippen LogP contribution is -2.50. The van der Waals surface area contributed by atoms with Crippen LogP contribution in [0.3, 0.4) is 0 Å². The van der Waals surface area contributed by atoms with Crippen LogP contribution in [0.5, 0.6) is 0 Å². The minimum atomic E-state index is -0.961. The molecular weight excluding hydrogens is 276 g/mol. The van der Waals surface area contributed by atoms with Crippen molar-refractivity contribution in [2.24, 2.45) is 5.92 Å². The number of rotatable bonds is 6. The van der Waals surface area contributed by atoms with Crippen molar-refractivity contribution in [2.75, 3.05) is 6.61 Å². The van der Waals surface area contributed by atoms with Crippen LogP contribution in [0.2, 0.25) is 0 Å². The van der Waals surface area contributed by atoms with Crippen molar-refractivity contribution >= 4 is 23.2 Å². The number of thiophene rings is 1. The fraction of sp³-hybridized carbons (Fsp3) is 0.500. The fourth-order valence-corrected chi connectivity index (χ4v) is 2.07. The number of amides is 1. The molecule has 6 heteroatoms. The van der Waals surface area contributed by atoms with E-state index in [2.05, 4.69) is 11.4 Å². The maximum Gasteiger partial charge on any atom is 0.311 e. The van der Waals surface area contributed by atoms with Gasteiger partial charge in [0, 0.05) is 4.88 Å². The summed E-state index contributed by atoms with van der Waals surface area (Å²) in [6, 6.07) is 5.74. The topological polar surface area (TPSA) is 79.2 Å². The summed E-state index contributed by atoms with van der Waals surface area (Å²) in [5, 5.41) is 13.5. The van der Waals surface area contributed by atoms with Gasteiger partial charge in [0.25, 0.3) is 5.91 Å². The Morgan fingerprint density at radius 2 is 2.25 bits per heavy atom. The number of nitrogens with zero attached hydrogens (tertiary/aromatic N) is 1. The van der Waals surface area contributed by atoms with Crippen LogP contribution in [0.25, 0.3) is 0 Å². The van der Waals surface area contributed by atoms with E-state index in [0.29, 0.717) is 0 Å². The summed E-state index contributed by atoms with van der Waals surface area (Å²) in [4.78, 5) is 24.1. The molecule has 0 aliphatic carbocycles. The van der Waals surface area contributed by atoms with E-state index >= 15 is 0 Å². The molecule has 0 saturated carbocycles. The Morgan fingerprint density at radius 3 is 2.75 bits per heavy atom. The van der Waals surface area contributed by atoms with Gasteiger partial charge in [-0.15, -0.1) is 11.3 Å². The van der Waals surface area contributed by atoms with Crippen LogP contribution in [-0.2, 0) is 20.7 Å². The molecule has 0 spiro atoms. The molecule has 0 saturated heterocycles. The van der Waals surface area contributed by atoms with Crippen LogP contribution in [-0.4, -0.2) is 24.0 Å². The Morgan fingerprint density at radius 1 is 1.55 bits per heavy atom. The lowest BCUT2D eigenvalue weighted by molar-refractivity contribution is -0.148. The van der Waals surface area contributed by atoms with Gasteiger partial charge >= 0.3 is 5.97 Å². The van der Waals surface area contributed by atoms with Gasteiger partial charge in [-0.3, -0.25) is 9.59 Å². The van der Waals surface area contributed by atoms with E-state index in [1.54, 1.807) is 6.92 Å².